The highest BCUT2D eigenvalue weighted by Gasteiger charge is 2.15. The van der Waals surface area contributed by atoms with Crippen molar-refractivity contribution in [2.24, 2.45) is 5.92 Å². The van der Waals surface area contributed by atoms with E-state index in [0.717, 1.165) is 12.1 Å². The minimum absolute atomic E-state index is 0.134. The van der Waals surface area contributed by atoms with Crippen LogP contribution >= 0.6 is 0 Å². The molecule has 0 fully saturated rings. The normalized spacial score (nSPS) is 10.5. The third-order valence-electron chi connectivity index (χ3n) is 3.26. The number of carbonyl (C=O) groups is 2. The maximum Gasteiger partial charge on any atom is 0.255 e. The number of para-hydroxylation sites is 1. The molecule has 0 heterocycles. The van der Waals surface area contributed by atoms with Gasteiger partial charge in [0.15, 0.2) is 0 Å². The summed E-state index contributed by atoms with van der Waals surface area (Å²) < 4.78 is 27.2. The van der Waals surface area contributed by atoms with Gasteiger partial charge in [0.05, 0.1) is 0 Å². The summed E-state index contributed by atoms with van der Waals surface area (Å²) >= 11 is 0. The minimum Gasteiger partial charge on any atom is -0.352 e. The predicted molar refractivity (Wildman–Crippen MR) is 87.9 cm³/mol. The first-order chi connectivity index (χ1) is 11.4. The Morgan fingerprint density at radius 3 is 2.08 bits per heavy atom. The fraction of sp³-hybridized carbons (Fsp3) is 0.222. The Morgan fingerprint density at radius 1 is 0.958 bits per heavy atom. The summed E-state index contributed by atoms with van der Waals surface area (Å²) in [6, 6.07) is 9.26. The van der Waals surface area contributed by atoms with Gasteiger partial charge >= 0.3 is 0 Å². The second-order valence-electron chi connectivity index (χ2n) is 5.74. The van der Waals surface area contributed by atoms with Crippen molar-refractivity contribution in [3.8, 4) is 0 Å². The number of halogens is 2. The van der Waals surface area contributed by atoms with Crippen LogP contribution in [-0.2, 0) is 0 Å². The van der Waals surface area contributed by atoms with Gasteiger partial charge in [0.1, 0.15) is 17.3 Å². The van der Waals surface area contributed by atoms with Crippen molar-refractivity contribution in [2.75, 3.05) is 11.9 Å². The first-order valence-corrected chi connectivity index (χ1v) is 7.52. The van der Waals surface area contributed by atoms with Gasteiger partial charge in [0.25, 0.3) is 11.8 Å². The molecule has 0 aliphatic heterocycles. The summed E-state index contributed by atoms with van der Waals surface area (Å²) in [5.41, 5.74) is -0.0793. The van der Waals surface area contributed by atoms with E-state index in [9.17, 15) is 18.4 Å². The van der Waals surface area contributed by atoms with Crippen LogP contribution in [0.15, 0.2) is 42.5 Å². The largest absolute Gasteiger partial charge is 0.352 e. The van der Waals surface area contributed by atoms with Gasteiger partial charge in [-0.05, 0) is 36.2 Å². The maximum atomic E-state index is 13.6. The van der Waals surface area contributed by atoms with Crippen LogP contribution in [0, 0.1) is 17.6 Å². The smallest absolute Gasteiger partial charge is 0.255 e. The number of hydrogen-bond donors (Lipinski definition) is 2. The lowest BCUT2D eigenvalue weighted by Crippen LogP contribution is -2.27. The third kappa shape index (κ3) is 4.38. The molecule has 0 radical (unpaired) electrons. The van der Waals surface area contributed by atoms with Crippen LogP contribution in [0.5, 0.6) is 0 Å². The number of nitrogens with one attached hydrogen (secondary N) is 2. The second kappa shape index (κ2) is 7.68. The molecule has 2 aromatic carbocycles. The monoisotopic (exact) mass is 332 g/mol. The number of amides is 2. The molecular weight excluding hydrogens is 314 g/mol. The van der Waals surface area contributed by atoms with Gasteiger partial charge in [0, 0.05) is 17.7 Å². The predicted octanol–water partition coefficient (Wildman–Crippen LogP) is 3.60. The van der Waals surface area contributed by atoms with E-state index < -0.39 is 23.2 Å². The lowest BCUT2D eigenvalue weighted by molar-refractivity contribution is 0.0949. The first-order valence-electron chi connectivity index (χ1n) is 7.52. The highest BCUT2D eigenvalue weighted by molar-refractivity contribution is 6.06. The SMILES string of the molecule is CC(C)CNC(=O)c1cccc(C(=O)Nc2c(F)cccc2F)c1. The van der Waals surface area contributed by atoms with E-state index in [2.05, 4.69) is 10.6 Å². The Hall–Kier alpha value is -2.76. The molecule has 2 N–H and O–H groups in total. The second-order valence-corrected chi connectivity index (χ2v) is 5.74. The van der Waals surface area contributed by atoms with E-state index in [1.54, 1.807) is 6.07 Å². The number of carbonyl (C=O) groups excluding carboxylic acids is 2. The summed E-state index contributed by atoms with van der Waals surface area (Å²) in [7, 11) is 0. The highest BCUT2D eigenvalue weighted by Crippen LogP contribution is 2.19. The zero-order valence-corrected chi connectivity index (χ0v) is 13.4. The Kier molecular flexibility index (Phi) is 5.63. The quantitative estimate of drug-likeness (QED) is 0.879. The van der Waals surface area contributed by atoms with Crippen molar-refractivity contribution in [3.63, 3.8) is 0 Å². The number of hydrogen-bond acceptors (Lipinski definition) is 2. The summed E-state index contributed by atoms with van der Waals surface area (Å²) in [4.78, 5) is 24.2. The molecule has 2 aromatic rings. The number of rotatable bonds is 5. The Morgan fingerprint density at radius 2 is 1.50 bits per heavy atom. The molecule has 0 spiro atoms. The summed E-state index contributed by atoms with van der Waals surface area (Å²) in [5.74, 6) is -2.44. The highest BCUT2D eigenvalue weighted by atomic mass is 19.1. The van der Waals surface area contributed by atoms with Gasteiger partial charge in [-0.15, -0.1) is 0 Å². The molecule has 0 saturated heterocycles. The van der Waals surface area contributed by atoms with E-state index in [-0.39, 0.29) is 11.5 Å². The first kappa shape index (κ1) is 17.6. The molecule has 2 amide bonds. The molecule has 0 bridgehead atoms. The molecule has 4 nitrogen and oxygen atoms in total. The Balaban J connectivity index is 2.16. The Bertz CT molecular complexity index is 740. The average Bonchev–Trinajstić information content (AvgIpc) is 2.56. The van der Waals surface area contributed by atoms with Crippen LogP contribution in [0.2, 0.25) is 0 Å². The van der Waals surface area contributed by atoms with Crippen molar-refractivity contribution in [1.29, 1.82) is 0 Å². The minimum atomic E-state index is -0.866. The van der Waals surface area contributed by atoms with Gasteiger partial charge in [0.2, 0.25) is 0 Å². The molecule has 0 aromatic heterocycles. The average molecular weight is 332 g/mol. The van der Waals surface area contributed by atoms with Gasteiger partial charge in [-0.2, -0.15) is 0 Å². The summed E-state index contributed by atoms with van der Waals surface area (Å²) in [6.45, 7) is 4.44. The standard InChI is InChI=1S/C18H18F2N2O2/c1-11(2)10-21-17(23)12-5-3-6-13(9-12)18(24)22-16-14(19)7-4-8-15(16)20/h3-9,11H,10H2,1-2H3,(H,21,23)(H,22,24). The molecule has 6 heteroatoms. The maximum absolute atomic E-state index is 13.6. The fourth-order valence-corrected chi connectivity index (χ4v) is 2.00. The fourth-order valence-electron chi connectivity index (χ4n) is 2.00. The van der Waals surface area contributed by atoms with E-state index in [1.807, 2.05) is 13.8 Å². The Labute approximate surface area is 138 Å². The van der Waals surface area contributed by atoms with Crippen LogP contribution in [0.25, 0.3) is 0 Å². The van der Waals surface area contributed by atoms with Gasteiger partial charge in [-0.25, -0.2) is 8.78 Å². The molecule has 0 unspecified atom stereocenters. The zero-order chi connectivity index (χ0) is 17.7. The van der Waals surface area contributed by atoms with Crippen LogP contribution in [0.1, 0.15) is 34.6 Å². The number of anilines is 1. The van der Waals surface area contributed by atoms with Crippen LogP contribution in [0.4, 0.5) is 14.5 Å². The van der Waals surface area contributed by atoms with E-state index in [1.165, 1.54) is 24.3 Å². The lowest BCUT2D eigenvalue weighted by Gasteiger charge is -2.10. The van der Waals surface area contributed by atoms with Crippen molar-refractivity contribution < 1.29 is 18.4 Å². The van der Waals surface area contributed by atoms with E-state index in [0.29, 0.717) is 18.0 Å². The molecule has 126 valence electrons. The summed E-state index contributed by atoms with van der Waals surface area (Å²) in [5, 5.41) is 4.93. The zero-order valence-electron chi connectivity index (χ0n) is 13.4. The van der Waals surface area contributed by atoms with Crippen molar-refractivity contribution in [1.82, 2.24) is 5.32 Å². The molecule has 0 aliphatic rings. The molecule has 0 aliphatic carbocycles. The van der Waals surface area contributed by atoms with Gasteiger partial charge in [-0.1, -0.05) is 26.0 Å². The van der Waals surface area contributed by atoms with Crippen LogP contribution in [-0.4, -0.2) is 18.4 Å². The molecule has 0 atom stereocenters. The van der Waals surface area contributed by atoms with E-state index >= 15 is 0 Å². The number of benzene rings is 2. The molecule has 2 rings (SSSR count). The molecular formula is C18H18F2N2O2. The molecule has 24 heavy (non-hydrogen) atoms. The van der Waals surface area contributed by atoms with Gasteiger partial charge < -0.3 is 10.6 Å². The van der Waals surface area contributed by atoms with Crippen LogP contribution < -0.4 is 10.6 Å². The third-order valence-corrected chi connectivity index (χ3v) is 3.26. The lowest BCUT2D eigenvalue weighted by atomic mass is 10.1. The molecule has 0 saturated carbocycles. The topological polar surface area (TPSA) is 58.2 Å². The van der Waals surface area contributed by atoms with Crippen LogP contribution in [0.3, 0.4) is 0 Å². The van der Waals surface area contributed by atoms with Crippen molar-refractivity contribution in [3.05, 3.63) is 65.2 Å². The van der Waals surface area contributed by atoms with Crippen molar-refractivity contribution >= 4 is 17.5 Å². The van der Waals surface area contributed by atoms with E-state index in [4.69, 9.17) is 0 Å². The van der Waals surface area contributed by atoms with Gasteiger partial charge in [-0.3, -0.25) is 9.59 Å². The van der Waals surface area contributed by atoms with Crippen molar-refractivity contribution in [2.45, 2.75) is 13.8 Å². The summed E-state index contributed by atoms with van der Waals surface area (Å²) in [6.07, 6.45) is 0.